The minimum absolute atomic E-state index is 0.167. The first-order valence-electron chi connectivity index (χ1n) is 6.56. The number of aromatic carboxylic acids is 1. The molecular weight excluding hydrogens is 268 g/mol. The zero-order valence-electron chi connectivity index (χ0n) is 11.5. The Labute approximate surface area is 120 Å². The molecule has 0 fully saturated rings. The lowest BCUT2D eigenvalue weighted by Crippen LogP contribution is -2.17. The van der Waals surface area contributed by atoms with Crippen molar-refractivity contribution in [3.8, 4) is 0 Å². The molecule has 5 nitrogen and oxygen atoms in total. The van der Waals surface area contributed by atoms with Crippen LogP contribution in [0.2, 0.25) is 0 Å². The molecule has 1 heterocycles. The Hall–Kier alpha value is -2.82. The lowest BCUT2D eigenvalue weighted by atomic mass is 10.1. The van der Waals surface area contributed by atoms with E-state index in [9.17, 15) is 9.59 Å². The smallest absolute Gasteiger partial charge is 0.335 e. The average Bonchev–Trinajstić information content (AvgIpc) is 2.76. The Morgan fingerprint density at radius 3 is 2.71 bits per heavy atom. The van der Waals surface area contributed by atoms with Gasteiger partial charge in [-0.15, -0.1) is 0 Å². The number of nitrogens with zero attached hydrogens (tertiary/aromatic N) is 1. The fraction of sp³-hybridized carbons (Fsp3) is 0.125. The molecule has 0 atom stereocenters. The third-order valence-electron chi connectivity index (χ3n) is 3.61. The summed E-state index contributed by atoms with van der Waals surface area (Å²) < 4.78 is 1.56. The molecule has 0 radical (unpaired) electrons. The first-order chi connectivity index (χ1) is 10.1. The van der Waals surface area contributed by atoms with Crippen LogP contribution in [0.1, 0.15) is 21.5 Å². The molecule has 0 saturated carbocycles. The Morgan fingerprint density at radius 2 is 2.00 bits per heavy atom. The minimum Gasteiger partial charge on any atom is -0.478 e. The number of rotatable bonds is 3. The summed E-state index contributed by atoms with van der Waals surface area (Å²) in [5, 5.41) is 9.08. The monoisotopic (exact) mass is 282 g/mol. The van der Waals surface area contributed by atoms with E-state index in [0.717, 1.165) is 11.1 Å². The van der Waals surface area contributed by atoms with Gasteiger partial charge in [0.05, 0.1) is 23.1 Å². The molecular formula is C16H14N2O3. The molecule has 0 spiro atoms. The maximum atomic E-state index is 12.1. The molecule has 0 unspecified atom stereocenters. The quantitative estimate of drug-likeness (QED) is 0.774. The standard InChI is InChI=1S/C16H14N2O3/c1-10-4-2-3-5-12(10)9-18-14-8-11(15(19)20)6-7-13(14)17-16(18)21/h2-8H,9H2,1H3,(H,17,21)(H,19,20). The summed E-state index contributed by atoms with van der Waals surface area (Å²) in [5.74, 6) is -1.01. The van der Waals surface area contributed by atoms with E-state index in [1.807, 2.05) is 31.2 Å². The van der Waals surface area contributed by atoms with Crippen LogP contribution in [0.25, 0.3) is 11.0 Å². The van der Waals surface area contributed by atoms with Crippen LogP contribution in [0.3, 0.4) is 0 Å². The number of H-pyrrole nitrogens is 1. The van der Waals surface area contributed by atoms with Crippen LogP contribution in [-0.4, -0.2) is 20.6 Å². The van der Waals surface area contributed by atoms with Gasteiger partial charge in [0.25, 0.3) is 0 Å². The number of aromatic amines is 1. The van der Waals surface area contributed by atoms with Crippen LogP contribution in [0.15, 0.2) is 47.3 Å². The number of imidazole rings is 1. The van der Waals surface area contributed by atoms with Gasteiger partial charge in [-0.25, -0.2) is 9.59 Å². The van der Waals surface area contributed by atoms with Crippen LogP contribution in [0.5, 0.6) is 0 Å². The van der Waals surface area contributed by atoms with Crippen molar-refractivity contribution < 1.29 is 9.90 Å². The summed E-state index contributed by atoms with van der Waals surface area (Å²) >= 11 is 0. The lowest BCUT2D eigenvalue weighted by molar-refractivity contribution is 0.0697. The SMILES string of the molecule is Cc1ccccc1Cn1c(=O)[nH]c2ccc(C(=O)O)cc21. The molecule has 2 N–H and O–H groups in total. The van der Waals surface area contributed by atoms with Gasteiger partial charge in [-0.2, -0.15) is 0 Å². The highest BCUT2D eigenvalue weighted by Gasteiger charge is 2.11. The van der Waals surface area contributed by atoms with Crippen LogP contribution >= 0.6 is 0 Å². The average molecular weight is 282 g/mol. The van der Waals surface area contributed by atoms with Gasteiger partial charge in [0.15, 0.2) is 0 Å². The first-order valence-corrected chi connectivity index (χ1v) is 6.56. The van der Waals surface area contributed by atoms with E-state index in [-0.39, 0.29) is 11.3 Å². The number of aryl methyl sites for hydroxylation is 1. The molecule has 3 rings (SSSR count). The van der Waals surface area contributed by atoms with E-state index in [4.69, 9.17) is 5.11 Å². The van der Waals surface area contributed by atoms with Crippen molar-refractivity contribution >= 4 is 17.0 Å². The Morgan fingerprint density at radius 1 is 1.24 bits per heavy atom. The van der Waals surface area contributed by atoms with Crippen molar-refractivity contribution in [1.82, 2.24) is 9.55 Å². The zero-order chi connectivity index (χ0) is 15.0. The maximum Gasteiger partial charge on any atom is 0.335 e. The fourth-order valence-corrected chi connectivity index (χ4v) is 2.40. The van der Waals surface area contributed by atoms with E-state index in [1.165, 1.54) is 12.1 Å². The van der Waals surface area contributed by atoms with Gasteiger partial charge in [0.2, 0.25) is 0 Å². The lowest BCUT2D eigenvalue weighted by Gasteiger charge is -2.07. The third-order valence-corrected chi connectivity index (χ3v) is 3.61. The number of hydrogen-bond acceptors (Lipinski definition) is 2. The zero-order valence-corrected chi connectivity index (χ0v) is 11.5. The summed E-state index contributed by atoms with van der Waals surface area (Å²) in [6.07, 6.45) is 0. The summed E-state index contributed by atoms with van der Waals surface area (Å²) in [6, 6.07) is 12.4. The Kier molecular flexibility index (Phi) is 3.10. The highest BCUT2D eigenvalue weighted by molar-refractivity contribution is 5.92. The van der Waals surface area contributed by atoms with Crippen molar-refractivity contribution in [1.29, 1.82) is 0 Å². The van der Waals surface area contributed by atoms with Crippen LogP contribution in [0.4, 0.5) is 0 Å². The number of aromatic nitrogens is 2. The number of carboxylic acid groups (broad SMARTS) is 1. The molecule has 0 aliphatic rings. The first kappa shape index (κ1) is 13.2. The van der Waals surface area contributed by atoms with E-state index >= 15 is 0 Å². The fourth-order valence-electron chi connectivity index (χ4n) is 2.40. The normalized spacial score (nSPS) is 10.9. The molecule has 0 aliphatic carbocycles. The predicted octanol–water partition coefficient (Wildman–Crippen LogP) is 2.38. The van der Waals surface area contributed by atoms with E-state index in [2.05, 4.69) is 4.98 Å². The Balaban J connectivity index is 2.15. The molecule has 2 aromatic carbocycles. The van der Waals surface area contributed by atoms with Gasteiger partial charge in [0, 0.05) is 0 Å². The summed E-state index contributed by atoms with van der Waals surface area (Å²) in [4.78, 5) is 25.9. The van der Waals surface area contributed by atoms with Crippen molar-refractivity contribution in [2.75, 3.05) is 0 Å². The molecule has 21 heavy (non-hydrogen) atoms. The summed E-state index contributed by atoms with van der Waals surface area (Å²) in [6.45, 7) is 2.40. The summed E-state index contributed by atoms with van der Waals surface area (Å²) in [5.41, 5.74) is 3.28. The number of carboxylic acids is 1. The summed E-state index contributed by atoms with van der Waals surface area (Å²) in [7, 11) is 0. The maximum absolute atomic E-state index is 12.1. The molecule has 0 aliphatic heterocycles. The largest absolute Gasteiger partial charge is 0.478 e. The second-order valence-electron chi connectivity index (χ2n) is 4.98. The second-order valence-corrected chi connectivity index (χ2v) is 4.98. The number of carbonyl (C=O) groups is 1. The molecule has 0 amide bonds. The van der Waals surface area contributed by atoms with E-state index < -0.39 is 5.97 Å². The third kappa shape index (κ3) is 2.33. The van der Waals surface area contributed by atoms with Crippen molar-refractivity contribution in [3.05, 3.63) is 69.6 Å². The second kappa shape index (κ2) is 4.94. The van der Waals surface area contributed by atoms with Crippen LogP contribution < -0.4 is 5.69 Å². The van der Waals surface area contributed by atoms with E-state index in [1.54, 1.807) is 10.6 Å². The highest BCUT2D eigenvalue weighted by atomic mass is 16.4. The molecule has 0 bridgehead atoms. The van der Waals surface area contributed by atoms with Gasteiger partial charge in [-0.3, -0.25) is 4.57 Å². The molecule has 0 saturated heterocycles. The Bertz CT molecular complexity index is 890. The number of benzene rings is 2. The molecule has 106 valence electrons. The predicted molar refractivity (Wildman–Crippen MR) is 79.8 cm³/mol. The van der Waals surface area contributed by atoms with Gasteiger partial charge in [0.1, 0.15) is 0 Å². The van der Waals surface area contributed by atoms with Crippen molar-refractivity contribution in [3.63, 3.8) is 0 Å². The van der Waals surface area contributed by atoms with Crippen molar-refractivity contribution in [2.24, 2.45) is 0 Å². The van der Waals surface area contributed by atoms with Gasteiger partial charge < -0.3 is 10.1 Å². The minimum atomic E-state index is -1.01. The van der Waals surface area contributed by atoms with Crippen molar-refractivity contribution in [2.45, 2.75) is 13.5 Å². The van der Waals surface area contributed by atoms with E-state index in [0.29, 0.717) is 17.6 Å². The van der Waals surface area contributed by atoms with Gasteiger partial charge in [-0.1, -0.05) is 24.3 Å². The molecule has 3 aromatic rings. The van der Waals surface area contributed by atoms with Gasteiger partial charge in [-0.05, 0) is 36.2 Å². The molecule has 5 heteroatoms. The number of hydrogen-bond donors (Lipinski definition) is 2. The number of fused-ring (bicyclic) bond motifs is 1. The highest BCUT2D eigenvalue weighted by Crippen LogP contribution is 2.16. The number of nitrogens with one attached hydrogen (secondary N) is 1. The topological polar surface area (TPSA) is 75.1 Å². The van der Waals surface area contributed by atoms with Crippen LogP contribution in [-0.2, 0) is 6.54 Å². The van der Waals surface area contributed by atoms with Crippen LogP contribution in [0, 0.1) is 6.92 Å². The van der Waals surface area contributed by atoms with Gasteiger partial charge >= 0.3 is 11.7 Å². The molecule has 1 aromatic heterocycles.